The van der Waals surface area contributed by atoms with E-state index in [-0.39, 0.29) is 0 Å². The number of hydrogen-bond donors (Lipinski definition) is 1. The maximum Gasteiger partial charge on any atom is 0.0453 e. The number of nitrogens with one attached hydrogen (secondary N) is 1. The lowest BCUT2D eigenvalue weighted by molar-refractivity contribution is 0.487. The Balaban J connectivity index is 1.96. The first-order chi connectivity index (χ1) is 8.67. The van der Waals surface area contributed by atoms with Crippen molar-refractivity contribution in [2.24, 2.45) is 0 Å². The van der Waals surface area contributed by atoms with Crippen LogP contribution in [0.15, 0.2) is 24.3 Å². The number of thioether (sulfide) groups is 1. The predicted octanol–water partition coefficient (Wildman–Crippen LogP) is 4.67. The highest BCUT2D eigenvalue weighted by Gasteiger charge is 2.32. The van der Waals surface area contributed by atoms with E-state index in [0.717, 1.165) is 11.6 Å². The van der Waals surface area contributed by atoms with Crippen molar-refractivity contribution in [1.29, 1.82) is 0 Å². The maximum absolute atomic E-state index is 6.24. The van der Waals surface area contributed by atoms with Crippen molar-refractivity contribution in [1.82, 2.24) is 5.32 Å². The summed E-state index contributed by atoms with van der Waals surface area (Å²) >= 11 is 8.26. The van der Waals surface area contributed by atoms with E-state index in [4.69, 9.17) is 11.6 Å². The standard InChI is InChI=1S/C15H22ClNS/c1-12(13-7-3-4-8-14(13)16)17-11-15(18-2)9-5-6-10-15/h3-4,7-8,12,17H,5-6,9-11H2,1-2H3. The van der Waals surface area contributed by atoms with Crippen molar-refractivity contribution in [3.05, 3.63) is 34.9 Å². The SMILES string of the molecule is CSC1(CNC(C)c2ccccc2Cl)CCCC1. The highest BCUT2D eigenvalue weighted by Crippen LogP contribution is 2.40. The number of hydrogen-bond acceptors (Lipinski definition) is 2. The summed E-state index contributed by atoms with van der Waals surface area (Å²) in [6.45, 7) is 3.28. The monoisotopic (exact) mass is 283 g/mol. The normalized spacial score (nSPS) is 19.9. The Bertz CT molecular complexity index is 388. The Hall–Kier alpha value is -0.180. The van der Waals surface area contributed by atoms with Crippen LogP contribution in [0.1, 0.15) is 44.2 Å². The van der Waals surface area contributed by atoms with Crippen LogP contribution in [0, 0.1) is 0 Å². The van der Waals surface area contributed by atoms with Gasteiger partial charge in [-0.25, -0.2) is 0 Å². The van der Waals surface area contributed by atoms with Gasteiger partial charge in [-0.3, -0.25) is 0 Å². The quantitative estimate of drug-likeness (QED) is 0.843. The summed E-state index contributed by atoms with van der Waals surface area (Å²) in [6.07, 6.45) is 7.69. The molecular formula is C15H22ClNS. The molecule has 1 unspecified atom stereocenters. The molecule has 1 aromatic carbocycles. The molecule has 1 aliphatic rings. The fourth-order valence-corrected chi connectivity index (χ4v) is 3.97. The fourth-order valence-electron chi connectivity index (χ4n) is 2.75. The van der Waals surface area contributed by atoms with Crippen molar-refractivity contribution in [2.45, 2.75) is 43.4 Å². The van der Waals surface area contributed by atoms with Crippen molar-refractivity contribution in [2.75, 3.05) is 12.8 Å². The van der Waals surface area contributed by atoms with Crippen LogP contribution in [0.3, 0.4) is 0 Å². The van der Waals surface area contributed by atoms with Gasteiger partial charge in [0.1, 0.15) is 0 Å². The van der Waals surface area contributed by atoms with Crippen molar-refractivity contribution in [3.8, 4) is 0 Å². The molecule has 1 aliphatic carbocycles. The molecule has 18 heavy (non-hydrogen) atoms. The second kappa shape index (κ2) is 6.31. The Kier molecular flexibility index (Phi) is 4.99. The molecule has 1 nitrogen and oxygen atoms in total. The van der Waals surface area contributed by atoms with Gasteiger partial charge in [-0.2, -0.15) is 11.8 Å². The van der Waals surface area contributed by atoms with E-state index in [1.54, 1.807) is 0 Å². The lowest BCUT2D eigenvalue weighted by Gasteiger charge is -2.29. The minimum absolute atomic E-state index is 0.323. The van der Waals surface area contributed by atoms with Gasteiger partial charge in [0.05, 0.1) is 0 Å². The summed E-state index contributed by atoms with van der Waals surface area (Å²) in [6, 6.07) is 8.44. The zero-order chi connectivity index (χ0) is 13.0. The van der Waals surface area contributed by atoms with E-state index in [1.165, 1.54) is 31.2 Å². The van der Waals surface area contributed by atoms with E-state index in [9.17, 15) is 0 Å². The molecule has 2 rings (SSSR count). The van der Waals surface area contributed by atoms with Gasteiger partial charge in [-0.05, 0) is 37.7 Å². The summed E-state index contributed by atoms with van der Waals surface area (Å²) in [5.74, 6) is 0. The van der Waals surface area contributed by atoms with E-state index in [2.05, 4.69) is 30.6 Å². The molecular weight excluding hydrogens is 262 g/mol. The second-order valence-electron chi connectivity index (χ2n) is 5.22. The fraction of sp³-hybridized carbons (Fsp3) is 0.600. The molecule has 0 bridgehead atoms. The molecule has 0 amide bonds. The molecule has 3 heteroatoms. The van der Waals surface area contributed by atoms with E-state index >= 15 is 0 Å². The smallest absolute Gasteiger partial charge is 0.0453 e. The van der Waals surface area contributed by atoms with Crippen LogP contribution < -0.4 is 5.32 Å². The average Bonchev–Trinajstić information content (AvgIpc) is 2.86. The lowest BCUT2D eigenvalue weighted by atomic mass is 10.0. The Morgan fingerprint density at radius 3 is 2.61 bits per heavy atom. The van der Waals surface area contributed by atoms with Gasteiger partial charge in [0.15, 0.2) is 0 Å². The first-order valence-corrected chi connectivity index (χ1v) is 8.30. The lowest BCUT2D eigenvalue weighted by Crippen LogP contribution is -2.36. The van der Waals surface area contributed by atoms with Gasteiger partial charge in [0.2, 0.25) is 0 Å². The summed E-state index contributed by atoms with van der Waals surface area (Å²) in [5.41, 5.74) is 1.20. The molecule has 1 fully saturated rings. The Labute approximate surface area is 120 Å². The maximum atomic E-state index is 6.24. The van der Waals surface area contributed by atoms with Crippen LogP contribution in [0.5, 0.6) is 0 Å². The zero-order valence-electron chi connectivity index (χ0n) is 11.2. The van der Waals surface area contributed by atoms with E-state index in [0.29, 0.717) is 10.8 Å². The molecule has 0 heterocycles. The first-order valence-electron chi connectivity index (χ1n) is 6.70. The molecule has 0 aliphatic heterocycles. The largest absolute Gasteiger partial charge is 0.309 e. The van der Waals surface area contributed by atoms with E-state index in [1.807, 2.05) is 23.9 Å². The van der Waals surface area contributed by atoms with Crippen LogP contribution in [0.25, 0.3) is 0 Å². The molecule has 0 aromatic heterocycles. The summed E-state index contributed by atoms with van der Waals surface area (Å²) in [4.78, 5) is 0. The molecule has 0 radical (unpaired) electrons. The summed E-state index contributed by atoms with van der Waals surface area (Å²) < 4.78 is 0.454. The molecule has 1 N–H and O–H groups in total. The number of rotatable bonds is 5. The van der Waals surface area contributed by atoms with Crippen molar-refractivity contribution < 1.29 is 0 Å². The molecule has 1 aromatic rings. The van der Waals surface area contributed by atoms with Crippen LogP contribution in [0.2, 0.25) is 5.02 Å². The van der Waals surface area contributed by atoms with Crippen LogP contribution in [0.4, 0.5) is 0 Å². The van der Waals surface area contributed by atoms with Crippen molar-refractivity contribution in [3.63, 3.8) is 0 Å². The Morgan fingerprint density at radius 1 is 1.33 bits per heavy atom. The third kappa shape index (κ3) is 3.23. The third-order valence-corrected chi connectivity index (χ3v) is 5.81. The molecule has 1 saturated carbocycles. The molecule has 1 atom stereocenters. The van der Waals surface area contributed by atoms with Gasteiger partial charge in [-0.1, -0.05) is 42.6 Å². The molecule has 100 valence electrons. The predicted molar refractivity (Wildman–Crippen MR) is 82.6 cm³/mol. The van der Waals surface area contributed by atoms with Gasteiger partial charge in [0, 0.05) is 22.4 Å². The Morgan fingerprint density at radius 2 is 2.00 bits per heavy atom. The van der Waals surface area contributed by atoms with Gasteiger partial charge in [-0.15, -0.1) is 0 Å². The minimum atomic E-state index is 0.323. The van der Waals surface area contributed by atoms with Crippen LogP contribution >= 0.6 is 23.4 Å². The highest BCUT2D eigenvalue weighted by atomic mass is 35.5. The van der Waals surface area contributed by atoms with Crippen molar-refractivity contribution >= 4 is 23.4 Å². The highest BCUT2D eigenvalue weighted by molar-refractivity contribution is 8.00. The van der Waals surface area contributed by atoms with Gasteiger partial charge < -0.3 is 5.32 Å². The molecule has 0 spiro atoms. The van der Waals surface area contributed by atoms with Crippen LogP contribution in [-0.2, 0) is 0 Å². The summed E-state index contributed by atoms with van der Waals surface area (Å²) in [7, 11) is 0. The zero-order valence-corrected chi connectivity index (χ0v) is 12.8. The van der Waals surface area contributed by atoms with Crippen LogP contribution in [-0.4, -0.2) is 17.5 Å². The third-order valence-electron chi connectivity index (χ3n) is 4.05. The first kappa shape index (κ1) is 14.2. The van der Waals surface area contributed by atoms with Gasteiger partial charge >= 0.3 is 0 Å². The number of halogens is 1. The van der Waals surface area contributed by atoms with Gasteiger partial charge in [0.25, 0.3) is 0 Å². The minimum Gasteiger partial charge on any atom is -0.309 e. The second-order valence-corrected chi connectivity index (χ2v) is 6.90. The summed E-state index contributed by atoms with van der Waals surface area (Å²) in [5, 5.41) is 4.53. The molecule has 0 saturated heterocycles. The average molecular weight is 284 g/mol. The van der Waals surface area contributed by atoms with E-state index < -0.39 is 0 Å². The topological polar surface area (TPSA) is 12.0 Å². The number of benzene rings is 1.